The highest BCUT2D eigenvalue weighted by Crippen LogP contribution is 2.26. The molecule has 170 valence electrons. The SMILES string of the molecule is O=C(C1CCN(c2cnc(N3CCCCC3)nc2)CC1)N1CCN(c2ccccn2)CC1. The van der Waals surface area contributed by atoms with E-state index in [4.69, 9.17) is 0 Å². The van der Waals surface area contributed by atoms with Gasteiger partial charge in [-0.3, -0.25) is 4.79 Å². The number of piperidine rings is 2. The fourth-order valence-electron chi connectivity index (χ4n) is 5.07. The molecular weight excluding hydrogens is 402 g/mol. The average Bonchev–Trinajstić information content (AvgIpc) is 2.90. The third-order valence-electron chi connectivity index (χ3n) is 7.04. The molecule has 0 aliphatic carbocycles. The van der Waals surface area contributed by atoms with Gasteiger partial charge in [0.25, 0.3) is 0 Å². The van der Waals surface area contributed by atoms with Crippen LogP contribution in [0.2, 0.25) is 0 Å². The van der Waals surface area contributed by atoms with Crippen LogP contribution in [0.3, 0.4) is 0 Å². The fraction of sp³-hybridized carbons (Fsp3) is 0.583. The lowest BCUT2D eigenvalue weighted by molar-refractivity contribution is -0.136. The maximum atomic E-state index is 13.1. The Morgan fingerprint density at radius 2 is 1.47 bits per heavy atom. The number of carbonyl (C=O) groups is 1. The van der Waals surface area contributed by atoms with Gasteiger partial charge in [-0.15, -0.1) is 0 Å². The first-order chi connectivity index (χ1) is 15.8. The zero-order valence-electron chi connectivity index (χ0n) is 18.8. The van der Waals surface area contributed by atoms with E-state index in [0.717, 1.165) is 82.7 Å². The number of carbonyl (C=O) groups excluding carboxylic acids is 1. The molecule has 0 atom stereocenters. The lowest BCUT2D eigenvalue weighted by Crippen LogP contribution is -2.52. The van der Waals surface area contributed by atoms with Gasteiger partial charge in [0, 0.05) is 64.5 Å². The topological polar surface area (TPSA) is 68.7 Å². The van der Waals surface area contributed by atoms with Crippen LogP contribution in [0.25, 0.3) is 0 Å². The van der Waals surface area contributed by atoms with Gasteiger partial charge >= 0.3 is 0 Å². The van der Waals surface area contributed by atoms with Crippen molar-refractivity contribution in [2.45, 2.75) is 32.1 Å². The normalized spacial score (nSPS) is 20.5. The highest BCUT2D eigenvalue weighted by atomic mass is 16.2. The summed E-state index contributed by atoms with van der Waals surface area (Å²) >= 11 is 0. The third-order valence-corrected chi connectivity index (χ3v) is 7.04. The van der Waals surface area contributed by atoms with E-state index in [1.165, 1.54) is 19.3 Å². The predicted molar refractivity (Wildman–Crippen MR) is 126 cm³/mol. The highest BCUT2D eigenvalue weighted by molar-refractivity contribution is 5.79. The molecular formula is C24H33N7O. The maximum Gasteiger partial charge on any atom is 0.225 e. The van der Waals surface area contributed by atoms with E-state index in [-0.39, 0.29) is 5.92 Å². The molecule has 8 heteroatoms. The molecule has 0 aromatic carbocycles. The number of amides is 1. The Morgan fingerprint density at radius 3 is 2.12 bits per heavy atom. The number of anilines is 3. The lowest BCUT2D eigenvalue weighted by Gasteiger charge is -2.39. The molecule has 32 heavy (non-hydrogen) atoms. The Hall–Kier alpha value is -2.90. The van der Waals surface area contributed by atoms with Crippen molar-refractivity contribution in [1.29, 1.82) is 0 Å². The van der Waals surface area contributed by atoms with Crippen LogP contribution in [0, 0.1) is 5.92 Å². The summed E-state index contributed by atoms with van der Waals surface area (Å²) < 4.78 is 0. The second kappa shape index (κ2) is 9.71. The molecule has 5 rings (SSSR count). The molecule has 3 aliphatic rings. The summed E-state index contributed by atoms with van der Waals surface area (Å²) in [7, 11) is 0. The molecule has 8 nitrogen and oxygen atoms in total. The molecule has 3 fully saturated rings. The van der Waals surface area contributed by atoms with Crippen LogP contribution in [0.5, 0.6) is 0 Å². The minimum atomic E-state index is 0.126. The van der Waals surface area contributed by atoms with E-state index in [1.807, 2.05) is 36.8 Å². The fourth-order valence-corrected chi connectivity index (χ4v) is 5.07. The summed E-state index contributed by atoms with van der Waals surface area (Å²) in [6, 6.07) is 5.99. The second-order valence-corrected chi connectivity index (χ2v) is 9.05. The van der Waals surface area contributed by atoms with Gasteiger partial charge in [-0.25, -0.2) is 15.0 Å². The number of rotatable bonds is 4. The van der Waals surface area contributed by atoms with E-state index in [9.17, 15) is 4.79 Å². The molecule has 0 unspecified atom stereocenters. The zero-order chi connectivity index (χ0) is 21.8. The molecule has 1 amide bonds. The molecule has 0 bridgehead atoms. The van der Waals surface area contributed by atoms with Gasteiger partial charge in [0.1, 0.15) is 5.82 Å². The quantitative estimate of drug-likeness (QED) is 0.731. The number of hydrogen-bond acceptors (Lipinski definition) is 7. The van der Waals surface area contributed by atoms with Gasteiger partial charge in [-0.2, -0.15) is 0 Å². The monoisotopic (exact) mass is 435 g/mol. The molecule has 2 aromatic heterocycles. The van der Waals surface area contributed by atoms with Gasteiger partial charge in [0.15, 0.2) is 0 Å². The number of hydrogen-bond donors (Lipinski definition) is 0. The summed E-state index contributed by atoms with van der Waals surface area (Å²) in [5.74, 6) is 2.30. The molecule has 5 heterocycles. The Kier molecular flexibility index (Phi) is 6.36. The van der Waals surface area contributed by atoms with E-state index in [0.29, 0.717) is 5.91 Å². The first kappa shape index (κ1) is 21.0. The van der Waals surface area contributed by atoms with Crippen molar-refractivity contribution in [2.75, 3.05) is 67.1 Å². The summed E-state index contributed by atoms with van der Waals surface area (Å²) in [5, 5.41) is 0. The van der Waals surface area contributed by atoms with Crippen molar-refractivity contribution in [2.24, 2.45) is 5.92 Å². The van der Waals surface area contributed by atoms with Crippen LogP contribution < -0.4 is 14.7 Å². The Balaban J connectivity index is 1.10. The van der Waals surface area contributed by atoms with E-state index < -0.39 is 0 Å². The van der Waals surface area contributed by atoms with Gasteiger partial charge in [0.05, 0.1) is 18.1 Å². The highest BCUT2D eigenvalue weighted by Gasteiger charge is 2.31. The Bertz CT molecular complexity index is 869. The molecule has 0 N–H and O–H groups in total. The average molecular weight is 436 g/mol. The zero-order valence-corrected chi connectivity index (χ0v) is 18.8. The van der Waals surface area contributed by atoms with Crippen molar-refractivity contribution in [3.05, 3.63) is 36.8 Å². The van der Waals surface area contributed by atoms with Crippen molar-refractivity contribution in [3.63, 3.8) is 0 Å². The minimum Gasteiger partial charge on any atom is -0.369 e. The number of piperazine rings is 1. The molecule has 0 spiro atoms. The summed E-state index contributed by atoms with van der Waals surface area (Å²) in [6.07, 6.45) is 11.3. The number of pyridine rings is 1. The molecule has 2 aromatic rings. The first-order valence-corrected chi connectivity index (χ1v) is 12.0. The van der Waals surface area contributed by atoms with Crippen molar-refractivity contribution in [1.82, 2.24) is 19.9 Å². The summed E-state index contributed by atoms with van der Waals surface area (Å²) in [5.41, 5.74) is 1.07. The molecule has 3 aliphatic heterocycles. The van der Waals surface area contributed by atoms with Crippen LogP contribution in [0.1, 0.15) is 32.1 Å². The predicted octanol–water partition coefficient (Wildman–Crippen LogP) is 2.43. The lowest BCUT2D eigenvalue weighted by atomic mass is 9.94. The van der Waals surface area contributed by atoms with Crippen LogP contribution in [0.15, 0.2) is 36.8 Å². The minimum absolute atomic E-state index is 0.126. The summed E-state index contributed by atoms with van der Waals surface area (Å²) in [6.45, 7) is 7.15. The van der Waals surface area contributed by atoms with Crippen molar-refractivity contribution < 1.29 is 4.79 Å². The van der Waals surface area contributed by atoms with Crippen LogP contribution in [0.4, 0.5) is 17.5 Å². The Labute approximate surface area is 190 Å². The van der Waals surface area contributed by atoms with Gasteiger partial charge in [0.2, 0.25) is 11.9 Å². The first-order valence-electron chi connectivity index (χ1n) is 12.0. The van der Waals surface area contributed by atoms with Crippen LogP contribution in [-0.2, 0) is 4.79 Å². The van der Waals surface area contributed by atoms with Crippen LogP contribution >= 0.6 is 0 Å². The van der Waals surface area contributed by atoms with Gasteiger partial charge in [-0.05, 0) is 44.2 Å². The Morgan fingerprint density at radius 1 is 0.750 bits per heavy atom. The van der Waals surface area contributed by atoms with Crippen molar-refractivity contribution >= 4 is 23.4 Å². The van der Waals surface area contributed by atoms with Gasteiger partial charge in [-0.1, -0.05) is 6.07 Å². The molecule has 0 saturated carbocycles. The smallest absolute Gasteiger partial charge is 0.225 e. The summed E-state index contributed by atoms with van der Waals surface area (Å²) in [4.78, 5) is 35.7. The van der Waals surface area contributed by atoms with Gasteiger partial charge < -0.3 is 19.6 Å². The third kappa shape index (κ3) is 4.64. The number of aromatic nitrogens is 3. The maximum absolute atomic E-state index is 13.1. The van der Waals surface area contributed by atoms with E-state index in [1.54, 1.807) is 0 Å². The second-order valence-electron chi connectivity index (χ2n) is 9.05. The number of nitrogens with zero attached hydrogens (tertiary/aromatic N) is 7. The van der Waals surface area contributed by atoms with Crippen LogP contribution in [-0.4, -0.2) is 78.1 Å². The molecule has 3 saturated heterocycles. The largest absolute Gasteiger partial charge is 0.369 e. The molecule has 0 radical (unpaired) electrons. The van der Waals surface area contributed by atoms with Crippen molar-refractivity contribution in [3.8, 4) is 0 Å². The van der Waals surface area contributed by atoms with E-state index >= 15 is 0 Å². The van der Waals surface area contributed by atoms with E-state index in [2.05, 4.69) is 34.6 Å². The standard InChI is InChI=1S/C24H33N7O/c32-23(30-16-14-29(15-17-30)22-6-2-3-9-25-22)20-7-12-28(13-8-20)21-18-26-24(27-19-21)31-10-4-1-5-11-31/h2-3,6,9,18-20H,1,4-5,7-8,10-17H2.